The van der Waals surface area contributed by atoms with Gasteiger partial charge in [0.05, 0.1) is 12.6 Å². The average molecular weight is 633 g/mol. The molecule has 1 saturated heterocycles. The molecule has 0 bridgehead atoms. The number of benzene rings is 3. The number of likely N-dealkylation sites (tertiary alicyclic amines) is 1. The van der Waals surface area contributed by atoms with Crippen molar-refractivity contribution in [1.82, 2.24) is 10.2 Å². The van der Waals surface area contributed by atoms with Crippen molar-refractivity contribution in [3.63, 3.8) is 0 Å². The summed E-state index contributed by atoms with van der Waals surface area (Å²) in [5, 5.41) is 16.3. The third-order valence-corrected chi connectivity index (χ3v) is 13.2. The lowest BCUT2D eigenvalue weighted by atomic mass is 9.94. The first-order valence-corrected chi connectivity index (χ1v) is 17.6. The Morgan fingerprint density at radius 3 is 1.91 bits per heavy atom. The number of alkyl carbamates (subject to hydrolysis) is 1. The number of carbonyl (C=O) groups excluding carboxylic acids is 2. The number of hydrogen-bond donors (Lipinski definition) is 2. The van der Waals surface area contributed by atoms with Gasteiger partial charge in [0.25, 0.3) is 8.32 Å². The molecule has 45 heavy (non-hydrogen) atoms. The zero-order valence-corrected chi connectivity index (χ0v) is 28.4. The molecule has 0 saturated carbocycles. The second-order valence-corrected chi connectivity index (χ2v) is 18.0. The maximum atomic E-state index is 13.0. The predicted molar refractivity (Wildman–Crippen MR) is 179 cm³/mol. The van der Waals surface area contributed by atoms with Gasteiger partial charge < -0.3 is 29.2 Å². The first kappa shape index (κ1) is 34.2. The molecule has 0 aliphatic carbocycles. The second-order valence-electron chi connectivity index (χ2n) is 13.7. The van der Waals surface area contributed by atoms with Crippen molar-refractivity contribution in [3.05, 3.63) is 96.6 Å². The highest BCUT2D eigenvalue weighted by molar-refractivity contribution is 6.99. The molecule has 3 aromatic rings. The van der Waals surface area contributed by atoms with E-state index < -0.39 is 44.2 Å². The van der Waals surface area contributed by atoms with Crippen LogP contribution in [-0.2, 0) is 20.5 Å². The fourth-order valence-corrected chi connectivity index (χ4v) is 10.7. The Bertz CT molecular complexity index is 1340. The van der Waals surface area contributed by atoms with Crippen molar-refractivity contribution >= 4 is 30.9 Å². The van der Waals surface area contributed by atoms with Crippen molar-refractivity contribution in [3.8, 4) is 0 Å². The minimum Gasteiger partial charge on any atom is -0.445 e. The van der Waals surface area contributed by atoms with E-state index in [1.165, 1.54) is 4.90 Å². The molecule has 2 amide bonds. The topological polar surface area (TPSA) is 97.3 Å². The molecule has 0 unspecified atom stereocenters. The summed E-state index contributed by atoms with van der Waals surface area (Å²) in [4.78, 5) is 27.5. The summed E-state index contributed by atoms with van der Waals surface area (Å²) >= 11 is 0. The first-order chi connectivity index (χ1) is 21.3. The molecule has 8 nitrogen and oxygen atoms in total. The Kier molecular flexibility index (Phi) is 11.1. The van der Waals surface area contributed by atoms with Crippen LogP contribution in [0.3, 0.4) is 0 Å². The molecular formula is C36H48N2O6Si. The van der Waals surface area contributed by atoms with Crippen molar-refractivity contribution in [2.45, 2.75) is 77.4 Å². The largest absolute Gasteiger partial charge is 0.445 e. The number of rotatable bonds is 10. The molecule has 1 aliphatic heterocycles. The van der Waals surface area contributed by atoms with Crippen LogP contribution in [0, 0.1) is 5.92 Å². The van der Waals surface area contributed by atoms with Gasteiger partial charge in [-0.1, -0.05) is 112 Å². The van der Waals surface area contributed by atoms with Gasteiger partial charge in [-0.3, -0.25) is 0 Å². The lowest BCUT2D eigenvalue weighted by Crippen LogP contribution is -2.66. The molecular weight excluding hydrogens is 584 g/mol. The summed E-state index contributed by atoms with van der Waals surface area (Å²) in [6, 6.07) is 29.7. The molecule has 0 spiro atoms. The summed E-state index contributed by atoms with van der Waals surface area (Å²) in [6.07, 6.45) is -1.52. The first-order valence-electron chi connectivity index (χ1n) is 15.7. The molecule has 9 heteroatoms. The van der Waals surface area contributed by atoms with E-state index in [1.807, 2.05) is 87.5 Å². The van der Waals surface area contributed by atoms with Gasteiger partial charge in [-0.05, 0) is 48.2 Å². The number of β-amino-alcohol motifs (C(OH)–C–C–N with tert-alkyl or cyclic N) is 1. The van der Waals surface area contributed by atoms with Crippen LogP contribution in [0.15, 0.2) is 91.0 Å². The molecule has 3 atom stereocenters. The Morgan fingerprint density at radius 1 is 0.867 bits per heavy atom. The Hall–Kier alpha value is -3.66. The summed E-state index contributed by atoms with van der Waals surface area (Å²) < 4.78 is 18.2. The van der Waals surface area contributed by atoms with Gasteiger partial charge in [0.2, 0.25) is 0 Å². The number of nitrogens with one attached hydrogen (secondary N) is 1. The number of hydrogen-bond acceptors (Lipinski definition) is 6. The van der Waals surface area contributed by atoms with Crippen LogP contribution in [0.1, 0.15) is 53.5 Å². The zero-order chi connectivity index (χ0) is 32.7. The summed E-state index contributed by atoms with van der Waals surface area (Å²) in [7, 11) is -2.82. The van der Waals surface area contributed by atoms with Gasteiger partial charge in [-0.2, -0.15) is 0 Å². The average Bonchev–Trinajstić information content (AvgIpc) is 3.39. The van der Waals surface area contributed by atoms with E-state index in [9.17, 15) is 14.7 Å². The number of aliphatic hydroxyl groups is 1. The van der Waals surface area contributed by atoms with Gasteiger partial charge in [-0.25, -0.2) is 9.59 Å². The van der Waals surface area contributed by atoms with Crippen molar-refractivity contribution in [1.29, 1.82) is 0 Å². The lowest BCUT2D eigenvalue weighted by molar-refractivity contribution is 0.0437. The molecule has 3 aromatic carbocycles. The highest BCUT2D eigenvalue weighted by Gasteiger charge is 2.50. The minimum atomic E-state index is -2.82. The summed E-state index contributed by atoms with van der Waals surface area (Å²) in [5.41, 5.74) is 0.189. The third-order valence-electron chi connectivity index (χ3n) is 8.18. The van der Waals surface area contributed by atoms with Crippen LogP contribution in [0.25, 0.3) is 0 Å². The van der Waals surface area contributed by atoms with E-state index in [4.69, 9.17) is 13.9 Å². The van der Waals surface area contributed by atoms with E-state index in [0.29, 0.717) is 13.0 Å². The maximum Gasteiger partial charge on any atom is 0.410 e. The number of carbonyl (C=O) groups is 2. The smallest absolute Gasteiger partial charge is 0.410 e. The highest BCUT2D eigenvalue weighted by atomic mass is 28.4. The lowest BCUT2D eigenvalue weighted by Gasteiger charge is -2.43. The van der Waals surface area contributed by atoms with Crippen LogP contribution >= 0.6 is 0 Å². The monoisotopic (exact) mass is 632 g/mol. The predicted octanol–water partition coefficient (Wildman–Crippen LogP) is 5.48. The maximum absolute atomic E-state index is 13.0. The van der Waals surface area contributed by atoms with E-state index >= 15 is 0 Å². The Labute approximate surface area is 268 Å². The molecule has 2 N–H and O–H groups in total. The van der Waals surface area contributed by atoms with Gasteiger partial charge in [0.15, 0.2) is 0 Å². The number of ether oxygens (including phenoxy) is 2. The zero-order valence-electron chi connectivity index (χ0n) is 27.4. The highest BCUT2D eigenvalue weighted by Crippen LogP contribution is 2.37. The van der Waals surface area contributed by atoms with Crippen molar-refractivity contribution in [2.24, 2.45) is 5.92 Å². The standard InChI is InChI=1S/C36H48N2O6Si/c1-35(2,3)44-33(40)37-31(30-24-38(25-32(30)39)34(41)42-26-27-16-10-7-11-17-27)22-23-43-45(36(4,5)6,28-18-12-8-13-19-28)29-20-14-9-15-21-29/h7-21,30-32,39H,22-26H2,1-6H3,(H,37,40)/t30-,31-,32-/m1/s1. The quantitative estimate of drug-likeness (QED) is 0.288. The third kappa shape index (κ3) is 8.74. The van der Waals surface area contributed by atoms with Gasteiger partial charge in [0.1, 0.15) is 12.2 Å². The molecule has 242 valence electrons. The minimum absolute atomic E-state index is 0.111. The SMILES string of the molecule is CC(C)(C)OC(=O)N[C@H](CCO[Si](c1ccccc1)(c1ccccc1)C(C)(C)C)[C@H]1CN(C(=O)OCc2ccccc2)C[C@H]1O. The molecule has 0 aromatic heterocycles. The Balaban J connectivity index is 1.55. The molecule has 1 aliphatic rings. The molecule has 0 radical (unpaired) electrons. The van der Waals surface area contributed by atoms with Crippen molar-refractivity contribution in [2.75, 3.05) is 19.7 Å². The van der Waals surface area contributed by atoms with E-state index in [0.717, 1.165) is 15.9 Å². The van der Waals surface area contributed by atoms with E-state index in [1.54, 1.807) is 0 Å². The van der Waals surface area contributed by atoms with Crippen LogP contribution in [0.4, 0.5) is 9.59 Å². The normalized spacial score (nSPS) is 17.9. The van der Waals surface area contributed by atoms with Crippen LogP contribution in [-0.4, -0.2) is 68.0 Å². The molecule has 1 fully saturated rings. The number of nitrogens with zero attached hydrogens (tertiary/aromatic N) is 1. The molecule has 4 rings (SSSR count). The van der Waals surface area contributed by atoms with E-state index in [-0.39, 0.29) is 24.7 Å². The van der Waals surface area contributed by atoms with E-state index in [2.05, 4.69) is 50.4 Å². The fourth-order valence-electron chi connectivity index (χ4n) is 6.12. The molecule has 1 heterocycles. The number of aliphatic hydroxyl groups excluding tert-OH is 1. The van der Waals surface area contributed by atoms with Gasteiger partial charge >= 0.3 is 12.2 Å². The van der Waals surface area contributed by atoms with Crippen LogP contribution < -0.4 is 15.7 Å². The van der Waals surface area contributed by atoms with Crippen LogP contribution in [0.5, 0.6) is 0 Å². The Morgan fingerprint density at radius 2 is 1.40 bits per heavy atom. The summed E-state index contributed by atoms with van der Waals surface area (Å²) in [6.45, 7) is 12.9. The number of amides is 2. The van der Waals surface area contributed by atoms with Gasteiger partial charge in [0, 0.05) is 25.1 Å². The fraction of sp³-hybridized carbons (Fsp3) is 0.444. The summed E-state index contributed by atoms with van der Waals surface area (Å²) in [5.74, 6) is -0.440. The van der Waals surface area contributed by atoms with Crippen LogP contribution in [0.2, 0.25) is 5.04 Å². The van der Waals surface area contributed by atoms with Gasteiger partial charge in [-0.15, -0.1) is 0 Å². The van der Waals surface area contributed by atoms with Crippen molar-refractivity contribution < 1.29 is 28.6 Å². The second kappa shape index (κ2) is 14.6.